The summed E-state index contributed by atoms with van der Waals surface area (Å²) in [5.41, 5.74) is 16.3. The van der Waals surface area contributed by atoms with Crippen molar-refractivity contribution in [1.29, 1.82) is 0 Å². The van der Waals surface area contributed by atoms with Gasteiger partial charge in [0.25, 0.3) is 5.56 Å². The number of ether oxygens (including phenoxy) is 6. The summed E-state index contributed by atoms with van der Waals surface area (Å²) in [7, 11) is -7.67. The first-order chi connectivity index (χ1) is 47.6. The second-order valence-electron chi connectivity index (χ2n) is 22.6. The lowest BCUT2D eigenvalue weighted by molar-refractivity contribution is -0.0961. The molecule has 3 aliphatic rings. The van der Waals surface area contributed by atoms with Gasteiger partial charge in [0.1, 0.15) is 101 Å². The Balaban J connectivity index is 0.862. The number of nitrogens with two attached hydrogens (primary N) is 3. The third-order valence-electron chi connectivity index (χ3n) is 16.5. The van der Waals surface area contributed by atoms with Crippen LogP contribution in [0.1, 0.15) is 35.4 Å². The first kappa shape index (κ1) is 68.6. The molecule has 518 valence electrons. The van der Waals surface area contributed by atoms with Gasteiger partial charge in [0.15, 0.2) is 41.3 Å². The summed E-state index contributed by atoms with van der Waals surface area (Å²) in [6.45, 7) is -2.43. The topological polar surface area (TPSA) is 446 Å². The van der Waals surface area contributed by atoms with Crippen molar-refractivity contribution in [3.63, 3.8) is 0 Å². The number of hydrogen-bond acceptors (Lipinski definition) is 29. The molecule has 13 rings (SSSR count). The zero-order valence-corrected chi connectivity index (χ0v) is 55.1. The van der Waals surface area contributed by atoms with Gasteiger partial charge in [0, 0.05) is 16.2 Å². The summed E-state index contributed by atoms with van der Waals surface area (Å²) in [5, 5.41) is 48.6. The molecular formula is C62H61Cl2N13O20P2. The van der Waals surface area contributed by atoms with E-state index in [0.717, 1.165) is 21.8 Å². The number of nitrogen functional groups attached to an aromatic ring is 3. The van der Waals surface area contributed by atoms with E-state index in [-0.39, 0.29) is 61.5 Å². The number of imidazole rings is 2. The minimum absolute atomic E-state index is 0.0288. The van der Waals surface area contributed by atoms with E-state index in [2.05, 4.69) is 34.9 Å². The lowest BCUT2D eigenvalue weighted by Crippen LogP contribution is -2.41. The number of phosphoric ester groups is 2. The van der Waals surface area contributed by atoms with Crippen LogP contribution in [0.15, 0.2) is 168 Å². The summed E-state index contributed by atoms with van der Waals surface area (Å²) in [6.07, 6.45) is -16.3. The SMILES string of the molecule is COc1ccc(C(OC[C@H]2O[C@@H](n3ccc(N)nc3=O)[C@H](O)[C@@H]2OP(=O)(OC[C@H]2O[C@@H](n3cnc4c(N)ncnc43)[C@H](O)[C@@H]2OP(=O)(OC[C@H]2O[C@@H](n3cnc4c(=O)[nH]c(N)nc43)[C@H](O)[C@@H]2O)Oc2ccc(Cl)cc2)Oc2ccc(Cl)cc2)(c2ccccc2)c2ccc(OC)cc2)cc1. The molecular weight excluding hydrogens is 1380 g/mol. The number of fused-ring (bicyclic) bond motifs is 2. The third-order valence-corrected chi connectivity index (χ3v) is 19.8. The number of benzene rings is 5. The fourth-order valence-corrected chi connectivity index (χ4v) is 14.7. The predicted molar refractivity (Wildman–Crippen MR) is 350 cm³/mol. The Morgan fingerprint density at radius 2 is 1.03 bits per heavy atom. The van der Waals surface area contributed by atoms with Gasteiger partial charge in [-0.1, -0.05) is 77.8 Å². The zero-order valence-electron chi connectivity index (χ0n) is 51.8. The number of aromatic amines is 1. The number of hydrogen-bond donors (Lipinski definition) is 8. The smallest absolute Gasteiger partial charge is 0.497 e. The Labute approximate surface area is 569 Å². The van der Waals surface area contributed by atoms with E-state index in [1.165, 1.54) is 85.9 Å². The van der Waals surface area contributed by atoms with Gasteiger partial charge in [0.05, 0.1) is 46.7 Å². The normalized spacial score (nSPS) is 24.4. The molecule has 5 aromatic heterocycles. The third kappa shape index (κ3) is 13.9. The number of rotatable bonds is 25. The predicted octanol–water partition coefficient (Wildman–Crippen LogP) is 5.61. The molecule has 8 heterocycles. The maximum absolute atomic E-state index is 16.2. The van der Waals surface area contributed by atoms with Crippen molar-refractivity contribution >= 4 is 78.8 Å². The number of phosphoric acid groups is 2. The van der Waals surface area contributed by atoms with Crippen LogP contribution >= 0.6 is 38.8 Å². The van der Waals surface area contributed by atoms with Crippen molar-refractivity contribution in [2.75, 3.05) is 51.2 Å². The Bertz CT molecular complexity index is 4690. The summed E-state index contributed by atoms with van der Waals surface area (Å²) in [5.74, 6) is 0.213. The zero-order chi connectivity index (χ0) is 69.5. The molecule has 0 saturated carbocycles. The number of halogens is 2. The van der Waals surface area contributed by atoms with Crippen LogP contribution in [-0.2, 0) is 51.8 Å². The number of nitrogens with zero attached hydrogens (tertiary/aromatic N) is 9. The minimum Gasteiger partial charge on any atom is -0.497 e. The van der Waals surface area contributed by atoms with Gasteiger partial charge in [0.2, 0.25) is 5.95 Å². The molecule has 0 bridgehead atoms. The molecule has 2 unspecified atom stereocenters. The van der Waals surface area contributed by atoms with Crippen LogP contribution in [0.25, 0.3) is 22.3 Å². The van der Waals surface area contributed by atoms with E-state index >= 15 is 9.13 Å². The molecule has 0 radical (unpaired) electrons. The first-order valence-corrected chi connectivity index (χ1v) is 33.7. The molecule has 33 nitrogen and oxygen atoms in total. The standard InChI is InChI=1S/C62H61Cl2N13O20P2/c1-86-37-16-8-33(9-17-37)62(32-6-4-3-5-7-32,34-10-18-38(87-2)19-11-34)88-26-42-51(49(80)58(92-42)75-25-24-44(65)72-61(75)83)96-99(85,95-40-22-14-36(64)15-23-40)90-28-43-52(50(81)59(93-43)76-30-70-45-53(66)68-29-69-54(45)76)97-98(84,94-39-20-12-35(63)13-21-39)89-27-41-47(78)48(79)57(91-41)77-31-71-46-55(77)73-60(67)74-56(46)82/h3-25,29-31,41-43,47-52,57-59,78-81H,26-28H2,1-2H3,(H2,65,72,83)(H2,66,68,69)(H3,67,73,74,82)/t41-,42-,43-,47-,48-,49-,50-,51-,52-,57-,58-,59-,98?,99?/m1/s1. The Hall–Kier alpha value is -8.96. The van der Waals surface area contributed by atoms with Crippen molar-refractivity contribution in [3.05, 3.63) is 206 Å². The van der Waals surface area contributed by atoms with Gasteiger partial charge in [-0.25, -0.2) is 33.9 Å². The van der Waals surface area contributed by atoms with Crippen molar-refractivity contribution in [2.24, 2.45) is 0 Å². The summed E-state index contributed by atoms with van der Waals surface area (Å²) >= 11 is 12.6. The van der Waals surface area contributed by atoms with E-state index < -0.39 is 126 Å². The molecule has 5 aromatic carbocycles. The molecule has 3 saturated heterocycles. The largest absolute Gasteiger partial charge is 0.530 e. The summed E-state index contributed by atoms with van der Waals surface area (Å²) in [6, 6.07) is 35.5. The highest BCUT2D eigenvalue weighted by atomic mass is 35.5. The van der Waals surface area contributed by atoms with E-state index in [4.69, 9.17) is 96.0 Å². The number of aromatic nitrogens is 10. The number of aliphatic hydroxyl groups is 4. The first-order valence-electron chi connectivity index (χ1n) is 30.1. The average molecular weight is 1440 g/mol. The number of anilines is 3. The Morgan fingerprint density at radius 3 is 1.59 bits per heavy atom. The molecule has 0 spiro atoms. The molecule has 3 fully saturated rings. The highest BCUT2D eigenvalue weighted by molar-refractivity contribution is 7.49. The molecule has 14 atom stereocenters. The highest BCUT2D eigenvalue weighted by Gasteiger charge is 2.56. The van der Waals surface area contributed by atoms with E-state index in [1.807, 2.05) is 30.3 Å². The molecule has 3 aliphatic heterocycles. The summed E-state index contributed by atoms with van der Waals surface area (Å²) in [4.78, 5) is 53.4. The number of methoxy groups -OCH3 is 2. The van der Waals surface area contributed by atoms with Gasteiger partial charge >= 0.3 is 21.3 Å². The van der Waals surface area contributed by atoms with Crippen LogP contribution in [0.4, 0.5) is 17.6 Å². The van der Waals surface area contributed by atoms with Crippen LogP contribution < -0.4 is 47.0 Å². The molecule has 0 amide bonds. The Morgan fingerprint density at radius 1 is 0.545 bits per heavy atom. The molecule has 37 heteroatoms. The molecule has 10 aromatic rings. The fraction of sp³-hybridized carbons (Fsp3) is 0.290. The minimum atomic E-state index is -5.41. The average Bonchev–Trinajstić information content (AvgIpc) is 1.35. The van der Waals surface area contributed by atoms with Gasteiger partial charge in [-0.2, -0.15) is 9.97 Å². The van der Waals surface area contributed by atoms with Crippen molar-refractivity contribution < 1.29 is 85.1 Å². The Kier molecular flexibility index (Phi) is 19.6. The molecule has 99 heavy (non-hydrogen) atoms. The van der Waals surface area contributed by atoms with Crippen LogP contribution in [-0.4, -0.2) is 158 Å². The highest BCUT2D eigenvalue weighted by Crippen LogP contribution is 2.57. The maximum Gasteiger partial charge on any atom is 0.530 e. The fourth-order valence-electron chi connectivity index (χ4n) is 11.6. The second-order valence-corrected chi connectivity index (χ2v) is 26.6. The number of H-pyrrole nitrogens is 1. The van der Waals surface area contributed by atoms with E-state index in [1.54, 1.807) is 48.5 Å². The van der Waals surface area contributed by atoms with Crippen LogP contribution in [0, 0.1) is 0 Å². The van der Waals surface area contributed by atoms with Gasteiger partial charge in [-0.3, -0.25) is 41.6 Å². The van der Waals surface area contributed by atoms with Crippen LogP contribution in [0.3, 0.4) is 0 Å². The summed E-state index contributed by atoms with van der Waals surface area (Å²) < 4.78 is 110. The maximum atomic E-state index is 16.2. The van der Waals surface area contributed by atoms with Crippen molar-refractivity contribution in [3.8, 4) is 23.0 Å². The van der Waals surface area contributed by atoms with Gasteiger partial charge in [-0.05, 0) is 95.6 Å². The number of nitrogens with one attached hydrogen (secondary N) is 1. The van der Waals surface area contributed by atoms with Gasteiger partial charge < -0.3 is 75.1 Å². The quantitative estimate of drug-likeness (QED) is 0.0254. The van der Waals surface area contributed by atoms with Crippen LogP contribution in [0.5, 0.6) is 23.0 Å². The number of aliphatic hydroxyl groups excluding tert-OH is 4. The van der Waals surface area contributed by atoms with Crippen molar-refractivity contribution in [1.82, 2.24) is 48.6 Å². The van der Waals surface area contributed by atoms with Crippen LogP contribution in [0.2, 0.25) is 10.0 Å². The molecule has 11 N–H and O–H groups in total. The lowest BCUT2D eigenvalue weighted by atomic mass is 9.80. The van der Waals surface area contributed by atoms with E-state index in [0.29, 0.717) is 28.2 Å². The monoisotopic (exact) mass is 1440 g/mol. The molecule has 0 aliphatic carbocycles. The van der Waals surface area contributed by atoms with E-state index in [9.17, 15) is 30.0 Å². The van der Waals surface area contributed by atoms with Gasteiger partial charge in [-0.15, -0.1) is 0 Å². The van der Waals surface area contributed by atoms with Crippen molar-refractivity contribution in [2.45, 2.75) is 79.2 Å². The second kappa shape index (κ2) is 28.3. The lowest BCUT2D eigenvalue weighted by Gasteiger charge is -2.37.